The fourth-order valence-electron chi connectivity index (χ4n) is 2.24. The van der Waals surface area contributed by atoms with Crippen molar-refractivity contribution in [3.05, 3.63) is 70.3 Å². The highest BCUT2D eigenvalue weighted by Gasteiger charge is 2.17. The smallest absolute Gasteiger partial charge is 0.292 e. The number of hydrogen-bond acceptors (Lipinski definition) is 3. The minimum Gasteiger partial charge on any atom is -0.366 e. The van der Waals surface area contributed by atoms with Gasteiger partial charge in [0.1, 0.15) is 5.69 Å². The number of rotatable bonds is 6. The van der Waals surface area contributed by atoms with Gasteiger partial charge in [0, 0.05) is 19.2 Å². The van der Waals surface area contributed by atoms with E-state index in [1.54, 1.807) is 12.1 Å². The summed E-state index contributed by atoms with van der Waals surface area (Å²) in [5.74, 6) is 0. The standard InChI is InChI=1S/C16H18N2O2/c1-2-17(13-12-14-8-4-3-5-9-14)15-10-6-7-11-16(15)18(19)20/h3-11H,2,12-13H2,1H3. The predicted molar refractivity (Wildman–Crippen MR) is 81.1 cm³/mol. The fraction of sp³-hybridized carbons (Fsp3) is 0.250. The van der Waals surface area contributed by atoms with Crippen LogP contribution in [0.3, 0.4) is 0 Å². The molecular weight excluding hydrogens is 252 g/mol. The molecule has 2 aromatic rings. The highest BCUT2D eigenvalue weighted by molar-refractivity contribution is 5.63. The van der Waals surface area contributed by atoms with Crippen molar-refractivity contribution >= 4 is 11.4 Å². The Balaban J connectivity index is 2.14. The fourth-order valence-corrected chi connectivity index (χ4v) is 2.24. The van der Waals surface area contributed by atoms with Crippen LogP contribution in [0, 0.1) is 10.1 Å². The van der Waals surface area contributed by atoms with Crippen LogP contribution >= 0.6 is 0 Å². The molecule has 0 bridgehead atoms. The lowest BCUT2D eigenvalue weighted by molar-refractivity contribution is -0.384. The normalized spacial score (nSPS) is 10.2. The predicted octanol–water partition coefficient (Wildman–Crippen LogP) is 3.66. The average molecular weight is 270 g/mol. The number of nitro benzene ring substituents is 1. The molecule has 4 heteroatoms. The maximum absolute atomic E-state index is 11.1. The molecule has 4 nitrogen and oxygen atoms in total. The Morgan fingerprint density at radius 1 is 1.05 bits per heavy atom. The van der Waals surface area contributed by atoms with Gasteiger partial charge < -0.3 is 4.90 Å². The average Bonchev–Trinajstić information content (AvgIpc) is 2.49. The largest absolute Gasteiger partial charge is 0.366 e. The van der Waals surface area contributed by atoms with Gasteiger partial charge in [-0.3, -0.25) is 10.1 Å². The molecule has 104 valence electrons. The van der Waals surface area contributed by atoms with Crippen molar-refractivity contribution in [2.24, 2.45) is 0 Å². The Kier molecular flexibility index (Phi) is 4.71. The summed E-state index contributed by atoms with van der Waals surface area (Å²) in [7, 11) is 0. The minimum atomic E-state index is -0.319. The summed E-state index contributed by atoms with van der Waals surface area (Å²) in [5.41, 5.74) is 2.10. The zero-order chi connectivity index (χ0) is 14.4. The molecule has 2 aromatic carbocycles. The van der Waals surface area contributed by atoms with Gasteiger partial charge in [-0.15, -0.1) is 0 Å². The molecule has 0 aromatic heterocycles. The molecule has 0 aliphatic rings. The Hall–Kier alpha value is -2.36. The second-order valence-electron chi connectivity index (χ2n) is 4.56. The van der Waals surface area contributed by atoms with Crippen molar-refractivity contribution in [2.75, 3.05) is 18.0 Å². The zero-order valence-electron chi connectivity index (χ0n) is 11.5. The van der Waals surface area contributed by atoms with Gasteiger partial charge in [0.15, 0.2) is 0 Å². The van der Waals surface area contributed by atoms with Gasteiger partial charge >= 0.3 is 0 Å². The van der Waals surface area contributed by atoms with E-state index in [4.69, 9.17) is 0 Å². The lowest BCUT2D eigenvalue weighted by Gasteiger charge is -2.22. The molecule has 0 aliphatic carbocycles. The third kappa shape index (κ3) is 3.35. The lowest BCUT2D eigenvalue weighted by atomic mass is 10.1. The molecule has 0 fully saturated rings. The van der Waals surface area contributed by atoms with Crippen LogP contribution in [0.4, 0.5) is 11.4 Å². The summed E-state index contributed by atoms with van der Waals surface area (Å²) < 4.78 is 0. The van der Waals surface area contributed by atoms with Crippen LogP contribution in [0.1, 0.15) is 12.5 Å². The van der Waals surface area contributed by atoms with Crippen LogP contribution in [0.25, 0.3) is 0 Å². The highest BCUT2D eigenvalue weighted by atomic mass is 16.6. The Morgan fingerprint density at radius 3 is 2.35 bits per heavy atom. The molecule has 0 spiro atoms. The first-order valence-corrected chi connectivity index (χ1v) is 6.74. The van der Waals surface area contributed by atoms with E-state index in [2.05, 4.69) is 12.1 Å². The number of nitrogens with zero attached hydrogens (tertiary/aromatic N) is 2. The summed E-state index contributed by atoms with van der Waals surface area (Å²) in [6.07, 6.45) is 0.876. The van der Waals surface area contributed by atoms with Gasteiger partial charge in [0.25, 0.3) is 5.69 Å². The van der Waals surface area contributed by atoms with Crippen LogP contribution < -0.4 is 4.90 Å². The van der Waals surface area contributed by atoms with Crippen molar-refractivity contribution in [2.45, 2.75) is 13.3 Å². The van der Waals surface area contributed by atoms with E-state index in [1.807, 2.05) is 42.2 Å². The van der Waals surface area contributed by atoms with Gasteiger partial charge in [-0.05, 0) is 25.0 Å². The quantitative estimate of drug-likeness (QED) is 0.594. The van der Waals surface area contributed by atoms with Crippen LogP contribution in [-0.4, -0.2) is 18.0 Å². The van der Waals surface area contributed by atoms with E-state index >= 15 is 0 Å². The van der Waals surface area contributed by atoms with E-state index in [9.17, 15) is 10.1 Å². The molecule has 0 amide bonds. The van der Waals surface area contributed by atoms with E-state index in [1.165, 1.54) is 5.56 Å². The third-order valence-corrected chi connectivity index (χ3v) is 3.31. The number of nitro groups is 1. The second kappa shape index (κ2) is 6.70. The van der Waals surface area contributed by atoms with E-state index in [0.717, 1.165) is 19.5 Å². The number of anilines is 1. The molecule has 2 rings (SSSR count). The lowest BCUT2D eigenvalue weighted by Crippen LogP contribution is -2.26. The van der Waals surface area contributed by atoms with Crippen molar-refractivity contribution in [1.82, 2.24) is 0 Å². The molecule has 0 atom stereocenters. The zero-order valence-corrected chi connectivity index (χ0v) is 11.5. The first kappa shape index (κ1) is 14.1. The van der Waals surface area contributed by atoms with Crippen LogP contribution in [0.2, 0.25) is 0 Å². The highest BCUT2D eigenvalue weighted by Crippen LogP contribution is 2.27. The molecule has 0 saturated carbocycles. The van der Waals surface area contributed by atoms with E-state index < -0.39 is 0 Å². The van der Waals surface area contributed by atoms with Gasteiger partial charge in [-0.1, -0.05) is 42.5 Å². The van der Waals surface area contributed by atoms with Gasteiger partial charge in [-0.2, -0.15) is 0 Å². The van der Waals surface area contributed by atoms with Gasteiger partial charge in [0.05, 0.1) is 4.92 Å². The molecule has 0 radical (unpaired) electrons. The number of hydrogen-bond donors (Lipinski definition) is 0. The van der Waals surface area contributed by atoms with E-state index in [-0.39, 0.29) is 10.6 Å². The molecular formula is C16H18N2O2. The molecule has 0 aliphatic heterocycles. The Bertz CT molecular complexity index is 570. The summed E-state index contributed by atoms with van der Waals surface area (Å²) in [5, 5.41) is 11.1. The molecule has 0 N–H and O–H groups in total. The summed E-state index contributed by atoms with van der Waals surface area (Å²) in [6, 6.07) is 17.1. The third-order valence-electron chi connectivity index (χ3n) is 3.31. The molecule has 0 saturated heterocycles. The monoisotopic (exact) mass is 270 g/mol. The maximum Gasteiger partial charge on any atom is 0.292 e. The summed E-state index contributed by atoms with van der Waals surface area (Å²) in [4.78, 5) is 12.8. The van der Waals surface area contributed by atoms with E-state index in [0.29, 0.717) is 5.69 Å². The van der Waals surface area contributed by atoms with Crippen molar-refractivity contribution < 1.29 is 4.92 Å². The van der Waals surface area contributed by atoms with Crippen LogP contribution in [-0.2, 0) is 6.42 Å². The van der Waals surface area contributed by atoms with Crippen molar-refractivity contribution in [1.29, 1.82) is 0 Å². The summed E-state index contributed by atoms with van der Waals surface area (Å²) in [6.45, 7) is 3.53. The van der Waals surface area contributed by atoms with Crippen molar-refractivity contribution in [3.8, 4) is 0 Å². The molecule has 0 heterocycles. The number of benzene rings is 2. The molecule has 20 heavy (non-hydrogen) atoms. The Labute approximate surface area is 118 Å². The first-order valence-electron chi connectivity index (χ1n) is 6.74. The van der Waals surface area contributed by atoms with Crippen LogP contribution in [0.5, 0.6) is 0 Å². The molecule has 0 unspecified atom stereocenters. The van der Waals surface area contributed by atoms with Crippen molar-refractivity contribution in [3.63, 3.8) is 0 Å². The van der Waals surface area contributed by atoms with Gasteiger partial charge in [-0.25, -0.2) is 0 Å². The maximum atomic E-state index is 11.1. The van der Waals surface area contributed by atoms with Gasteiger partial charge in [0.2, 0.25) is 0 Å². The number of likely N-dealkylation sites (N-methyl/N-ethyl adjacent to an activating group) is 1. The topological polar surface area (TPSA) is 46.4 Å². The minimum absolute atomic E-state index is 0.169. The Morgan fingerprint density at radius 2 is 1.70 bits per heavy atom. The number of para-hydroxylation sites is 2. The first-order chi connectivity index (χ1) is 9.72. The second-order valence-corrected chi connectivity index (χ2v) is 4.56. The van der Waals surface area contributed by atoms with Crippen LogP contribution in [0.15, 0.2) is 54.6 Å². The summed E-state index contributed by atoms with van der Waals surface area (Å²) >= 11 is 0. The SMILES string of the molecule is CCN(CCc1ccccc1)c1ccccc1[N+](=O)[O-].